The number of hydrogen-bond donors (Lipinski definition) is 0. The molecule has 0 atom stereocenters. The van der Waals surface area contributed by atoms with Crippen molar-refractivity contribution in [1.82, 2.24) is 0 Å². The molecule has 1 aromatic rings. The van der Waals surface area contributed by atoms with Gasteiger partial charge in [-0.3, -0.25) is 0 Å². The summed E-state index contributed by atoms with van der Waals surface area (Å²) in [7, 11) is 0. The second-order valence-corrected chi connectivity index (χ2v) is 9.16. The van der Waals surface area contributed by atoms with Gasteiger partial charge in [-0.2, -0.15) is 0 Å². The SMILES string of the molecule is CCC[CH]c1ccccc1C(Cl)(Cl)C(Cl)(Cl)C(Cl)(Cl)Cl. The lowest BCUT2D eigenvalue weighted by Gasteiger charge is -2.38. The molecule has 7 heteroatoms. The lowest BCUT2D eigenvalue weighted by molar-refractivity contribution is 0.694. The third-order valence-electron chi connectivity index (χ3n) is 2.70. The van der Waals surface area contributed by atoms with Crippen molar-refractivity contribution in [1.29, 1.82) is 0 Å². The maximum atomic E-state index is 6.35. The van der Waals surface area contributed by atoms with E-state index < -0.39 is 12.5 Å². The molecule has 0 bridgehead atoms. The highest BCUT2D eigenvalue weighted by Gasteiger charge is 2.61. The fraction of sp³-hybridized carbons (Fsp3) is 0.462. The molecule has 0 aliphatic rings. The van der Waals surface area contributed by atoms with E-state index >= 15 is 0 Å². The van der Waals surface area contributed by atoms with E-state index in [0.29, 0.717) is 5.56 Å². The van der Waals surface area contributed by atoms with Gasteiger partial charge in [0.1, 0.15) is 0 Å². The molecule has 0 saturated carbocycles. The van der Waals surface area contributed by atoms with Crippen molar-refractivity contribution in [3.8, 4) is 0 Å². The summed E-state index contributed by atoms with van der Waals surface area (Å²) in [5.41, 5.74) is 1.30. The molecule has 0 unspecified atom stereocenters. The van der Waals surface area contributed by atoms with Crippen LogP contribution in [0.5, 0.6) is 0 Å². The highest BCUT2D eigenvalue weighted by molar-refractivity contribution is 6.78. The van der Waals surface area contributed by atoms with E-state index in [9.17, 15) is 0 Å². The van der Waals surface area contributed by atoms with Crippen LogP contribution in [0.3, 0.4) is 0 Å². The number of unbranched alkanes of at least 4 members (excludes halogenated alkanes) is 1. The quantitative estimate of drug-likeness (QED) is 0.445. The Morgan fingerprint density at radius 1 is 0.950 bits per heavy atom. The largest absolute Gasteiger partial charge is 0.226 e. The van der Waals surface area contributed by atoms with Crippen molar-refractivity contribution in [3.63, 3.8) is 0 Å². The summed E-state index contributed by atoms with van der Waals surface area (Å²) in [4.78, 5) is 0. The zero-order chi connectivity index (χ0) is 15.6. The van der Waals surface area contributed by atoms with E-state index in [2.05, 4.69) is 6.92 Å². The minimum atomic E-state index is -2.06. The standard InChI is InChI=1S/C13H12Cl7/c1-2-3-6-9-7-4-5-8-10(9)11(14,15)12(16,17)13(18,19)20/h4-8H,2-3H2,1H3. The van der Waals surface area contributed by atoms with E-state index in [-0.39, 0.29) is 0 Å². The minimum absolute atomic E-state index is 0.494. The van der Waals surface area contributed by atoms with Crippen LogP contribution in [-0.2, 0) is 4.33 Å². The van der Waals surface area contributed by atoms with Crippen LogP contribution >= 0.6 is 81.2 Å². The summed E-state index contributed by atoms with van der Waals surface area (Å²) >= 11 is 42.4. The van der Waals surface area contributed by atoms with Crippen LogP contribution in [0.15, 0.2) is 24.3 Å². The molecule has 0 aliphatic carbocycles. The highest BCUT2D eigenvalue weighted by Crippen LogP contribution is 2.61. The Morgan fingerprint density at radius 2 is 1.50 bits per heavy atom. The maximum absolute atomic E-state index is 6.35. The van der Waals surface area contributed by atoms with Crippen molar-refractivity contribution in [2.75, 3.05) is 0 Å². The number of rotatable bonds is 5. The molecule has 0 N–H and O–H groups in total. The third-order valence-corrected chi connectivity index (χ3v) is 6.63. The van der Waals surface area contributed by atoms with Gasteiger partial charge in [0.2, 0.25) is 8.13 Å². The molecule has 1 radical (unpaired) electrons. The van der Waals surface area contributed by atoms with Crippen molar-refractivity contribution in [3.05, 3.63) is 41.8 Å². The van der Waals surface area contributed by atoms with Gasteiger partial charge in [0.25, 0.3) is 0 Å². The molecule has 0 aliphatic heterocycles. The molecule has 0 spiro atoms. The average Bonchev–Trinajstić information content (AvgIpc) is 2.35. The molecule has 113 valence electrons. The average molecular weight is 416 g/mol. The molecule has 0 saturated heterocycles. The summed E-state index contributed by atoms with van der Waals surface area (Å²) in [5.74, 6) is 0. The van der Waals surface area contributed by atoms with Crippen LogP contribution in [0.1, 0.15) is 30.9 Å². The number of alkyl halides is 7. The third kappa shape index (κ3) is 3.96. The first-order chi connectivity index (χ1) is 9.05. The topological polar surface area (TPSA) is 0 Å². The van der Waals surface area contributed by atoms with E-state index in [1.165, 1.54) is 0 Å². The Kier molecular flexibility index (Phi) is 6.96. The van der Waals surface area contributed by atoms with Gasteiger partial charge < -0.3 is 0 Å². The van der Waals surface area contributed by atoms with Gasteiger partial charge >= 0.3 is 0 Å². The molecule has 0 aromatic heterocycles. The van der Waals surface area contributed by atoms with Gasteiger partial charge in [0.05, 0.1) is 0 Å². The minimum Gasteiger partial charge on any atom is -0.0930 e. The van der Waals surface area contributed by atoms with Crippen molar-refractivity contribution < 1.29 is 0 Å². The van der Waals surface area contributed by atoms with E-state index in [1.807, 2.05) is 18.6 Å². The molecule has 1 aromatic carbocycles. The second kappa shape index (κ2) is 7.21. The Bertz CT molecular complexity index is 448. The molecule has 0 nitrogen and oxygen atoms in total. The predicted octanol–water partition coefficient (Wildman–Crippen LogP) is 7.21. The molecule has 0 heterocycles. The van der Waals surface area contributed by atoms with Gasteiger partial charge in [-0.1, -0.05) is 119 Å². The second-order valence-electron chi connectivity index (χ2n) is 4.23. The Hall–Kier alpha value is 1.25. The Balaban J connectivity index is 3.28. The Morgan fingerprint density at radius 3 is 2.00 bits per heavy atom. The molecule has 1 rings (SSSR count). The van der Waals surface area contributed by atoms with Crippen molar-refractivity contribution >= 4 is 81.2 Å². The summed E-state index contributed by atoms with van der Waals surface area (Å²) in [6, 6.07) is 7.18. The maximum Gasteiger partial charge on any atom is 0.226 e. The summed E-state index contributed by atoms with van der Waals surface area (Å²) in [5, 5.41) is 0. The molecule has 0 fully saturated rings. The Labute approximate surface area is 154 Å². The first-order valence-electron chi connectivity index (χ1n) is 5.80. The van der Waals surface area contributed by atoms with Gasteiger partial charge in [0, 0.05) is 0 Å². The molecular formula is C13H12Cl7. The van der Waals surface area contributed by atoms with Crippen LogP contribution in [0, 0.1) is 6.42 Å². The van der Waals surface area contributed by atoms with E-state index in [1.54, 1.807) is 12.1 Å². The van der Waals surface area contributed by atoms with Gasteiger partial charge in [-0.05, 0) is 24.0 Å². The van der Waals surface area contributed by atoms with Crippen LogP contribution in [0.25, 0.3) is 0 Å². The van der Waals surface area contributed by atoms with E-state index in [4.69, 9.17) is 81.2 Å². The monoisotopic (exact) mass is 413 g/mol. The predicted molar refractivity (Wildman–Crippen MR) is 92.9 cm³/mol. The molecule has 20 heavy (non-hydrogen) atoms. The zero-order valence-electron chi connectivity index (χ0n) is 10.4. The lowest BCUT2D eigenvalue weighted by atomic mass is 9.97. The smallest absolute Gasteiger partial charge is 0.0930 e. The normalized spacial score (nSPS) is 13.6. The van der Waals surface area contributed by atoms with Crippen LogP contribution < -0.4 is 0 Å². The van der Waals surface area contributed by atoms with Crippen molar-refractivity contribution in [2.45, 2.75) is 32.2 Å². The van der Waals surface area contributed by atoms with Crippen molar-refractivity contribution in [2.24, 2.45) is 0 Å². The van der Waals surface area contributed by atoms with Crippen LogP contribution in [0.4, 0.5) is 0 Å². The fourth-order valence-corrected chi connectivity index (χ4v) is 3.15. The molecule has 0 amide bonds. The van der Waals surface area contributed by atoms with E-state index in [0.717, 1.165) is 18.4 Å². The number of halogens is 7. The zero-order valence-corrected chi connectivity index (χ0v) is 15.7. The summed E-state index contributed by atoms with van der Waals surface area (Å²) < 4.78 is -5.87. The van der Waals surface area contributed by atoms with Crippen LogP contribution in [-0.4, -0.2) is 8.13 Å². The number of hydrogen-bond acceptors (Lipinski definition) is 0. The number of benzene rings is 1. The lowest BCUT2D eigenvalue weighted by Crippen LogP contribution is -2.45. The van der Waals surface area contributed by atoms with Crippen LogP contribution in [0.2, 0.25) is 0 Å². The summed E-state index contributed by atoms with van der Waals surface area (Å²) in [6.45, 7) is 2.06. The fourth-order valence-electron chi connectivity index (χ4n) is 1.61. The highest BCUT2D eigenvalue weighted by atomic mass is 35.6. The first-order valence-corrected chi connectivity index (χ1v) is 8.45. The van der Waals surface area contributed by atoms with Gasteiger partial charge in [0.15, 0.2) is 4.33 Å². The molecular weight excluding hydrogens is 404 g/mol. The summed E-state index contributed by atoms with van der Waals surface area (Å²) in [6.07, 6.45) is 3.81. The van der Waals surface area contributed by atoms with Gasteiger partial charge in [-0.25, -0.2) is 0 Å². The van der Waals surface area contributed by atoms with Gasteiger partial charge in [-0.15, -0.1) is 0 Å². The first kappa shape index (κ1) is 19.3.